The molecule has 4 rings (SSSR count). The highest BCUT2D eigenvalue weighted by molar-refractivity contribution is 5.24. The van der Waals surface area contributed by atoms with E-state index in [0.717, 1.165) is 24.7 Å². The third-order valence-electron chi connectivity index (χ3n) is 7.73. The molecule has 3 fully saturated rings. The van der Waals surface area contributed by atoms with Crippen LogP contribution in [0.2, 0.25) is 0 Å². The monoisotopic (exact) mass is 276 g/mol. The molecule has 0 radical (unpaired) electrons. The van der Waals surface area contributed by atoms with Crippen molar-refractivity contribution in [1.29, 1.82) is 0 Å². The lowest BCUT2D eigenvalue weighted by Crippen LogP contribution is -2.48. The van der Waals surface area contributed by atoms with Crippen molar-refractivity contribution in [2.75, 3.05) is 0 Å². The zero-order valence-electron chi connectivity index (χ0n) is 13.1. The standard InChI is InChI=1S/C19H29F/c1-18-10-8-16-15(17(18)11-14(20)12-18)7-6-13-5-3-4-9-19(13,16)2/h6,14-17H,3-5,7-12H2,1-2H3/t14-,15-,16+,17+,18-,19+/m1/s1. The second-order valence-electron chi connectivity index (χ2n) is 8.70. The van der Waals surface area contributed by atoms with E-state index in [-0.39, 0.29) is 0 Å². The molecule has 0 amide bonds. The van der Waals surface area contributed by atoms with Gasteiger partial charge in [0.05, 0.1) is 0 Å². The Hall–Kier alpha value is -0.330. The van der Waals surface area contributed by atoms with E-state index in [0.29, 0.717) is 16.7 Å². The Balaban J connectivity index is 1.69. The van der Waals surface area contributed by atoms with Crippen molar-refractivity contribution in [3.8, 4) is 0 Å². The Morgan fingerprint density at radius 1 is 1.15 bits per heavy atom. The average molecular weight is 276 g/mol. The van der Waals surface area contributed by atoms with Crippen LogP contribution in [0.5, 0.6) is 0 Å². The van der Waals surface area contributed by atoms with Crippen LogP contribution in [0.25, 0.3) is 0 Å². The molecule has 4 aliphatic carbocycles. The number of halogens is 1. The van der Waals surface area contributed by atoms with Gasteiger partial charge in [-0.15, -0.1) is 0 Å². The van der Waals surface area contributed by atoms with Crippen molar-refractivity contribution < 1.29 is 4.39 Å². The van der Waals surface area contributed by atoms with Crippen molar-refractivity contribution in [3.63, 3.8) is 0 Å². The number of alkyl halides is 1. The Morgan fingerprint density at radius 2 is 2.00 bits per heavy atom. The molecule has 4 aliphatic rings. The van der Waals surface area contributed by atoms with Gasteiger partial charge in [-0.1, -0.05) is 31.9 Å². The second kappa shape index (κ2) is 4.34. The molecule has 0 N–H and O–H groups in total. The summed E-state index contributed by atoms with van der Waals surface area (Å²) in [6.45, 7) is 4.93. The minimum absolute atomic E-state index is 0.316. The van der Waals surface area contributed by atoms with E-state index >= 15 is 0 Å². The summed E-state index contributed by atoms with van der Waals surface area (Å²) in [6.07, 6.45) is 13.2. The summed E-state index contributed by atoms with van der Waals surface area (Å²) in [5.74, 6) is 2.29. The van der Waals surface area contributed by atoms with E-state index in [1.165, 1.54) is 44.9 Å². The summed E-state index contributed by atoms with van der Waals surface area (Å²) in [6, 6.07) is 0. The minimum Gasteiger partial charge on any atom is -0.247 e. The van der Waals surface area contributed by atoms with Gasteiger partial charge >= 0.3 is 0 Å². The first kappa shape index (κ1) is 13.3. The molecule has 0 aromatic rings. The molecule has 0 saturated heterocycles. The maximum absolute atomic E-state index is 14.0. The van der Waals surface area contributed by atoms with Crippen LogP contribution in [0.1, 0.15) is 71.6 Å². The number of allylic oxidation sites excluding steroid dienone is 2. The van der Waals surface area contributed by atoms with Gasteiger partial charge in [0, 0.05) is 0 Å². The summed E-state index contributed by atoms with van der Waals surface area (Å²) in [4.78, 5) is 0. The highest BCUT2D eigenvalue weighted by atomic mass is 19.1. The van der Waals surface area contributed by atoms with Crippen molar-refractivity contribution in [2.45, 2.75) is 77.8 Å². The van der Waals surface area contributed by atoms with Gasteiger partial charge in [-0.25, -0.2) is 4.39 Å². The Kier molecular flexibility index (Phi) is 2.89. The fourth-order valence-corrected chi connectivity index (χ4v) is 6.67. The topological polar surface area (TPSA) is 0 Å². The van der Waals surface area contributed by atoms with E-state index in [2.05, 4.69) is 19.9 Å². The van der Waals surface area contributed by atoms with Crippen LogP contribution in [0.15, 0.2) is 11.6 Å². The molecule has 20 heavy (non-hydrogen) atoms. The SMILES string of the molecule is C[C@]12CC[C@H]3[C@@H](CC=C4CCCC[C@@]43C)[C@@H]1C[C@@H](F)C2. The lowest BCUT2D eigenvalue weighted by atomic mass is 9.48. The summed E-state index contributed by atoms with van der Waals surface area (Å²) in [5.41, 5.74) is 2.55. The molecular formula is C19H29F. The molecule has 0 bridgehead atoms. The number of rotatable bonds is 0. The van der Waals surface area contributed by atoms with Gasteiger partial charge in [0.2, 0.25) is 0 Å². The Labute approximate surface area is 123 Å². The zero-order valence-corrected chi connectivity index (χ0v) is 13.1. The highest BCUT2D eigenvalue weighted by Crippen LogP contribution is 2.65. The van der Waals surface area contributed by atoms with E-state index in [1.807, 2.05) is 0 Å². The van der Waals surface area contributed by atoms with Crippen molar-refractivity contribution >= 4 is 0 Å². The third-order valence-corrected chi connectivity index (χ3v) is 7.73. The van der Waals surface area contributed by atoms with Crippen LogP contribution in [-0.4, -0.2) is 6.17 Å². The average Bonchev–Trinajstić information content (AvgIpc) is 2.72. The van der Waals surface area contributed by atoms with E-state index in [4.69, 9.17) is 0 Å². The molecule has 6 atom stereocenters. The van der Waals surface area contributed by atoms with E-state index in [1.54, 1.807) is 5.57 Å². The Bertz CT molecular complexity index is 439. The highest BCUT2D eigenvalue weighted by Gasteiger charge is 2.57. The first-order valence-corrected chi connectivity index (χ1v) is 8.86. The molecule has 0 heterocycles. The summed E-state index contributed by atoms with van der Waals surface area (Å²) in [5, 5.41) is 0. The first-order chi connectivity index (χ1) is 9.53. The molecule has 3 saturated carbocycles. The lowest BCUT2D eigenvalue weighted by Gasteiger charge is -2.56. The molecule has 0 spiro atoms. The predicted molar refractivity (Wildman–Crippen MR) is 81.2 cm³/mol. The molecule has 0 nitrogen and oxygen atoms in total. The molecule has 0 unspecified atom stereocenters. The Morgan fingerprint density at radius 3 is 2.85 bits per heavy atom. The predicted octanol–water partition coefficient (Wildman–Crippen LogP) is 5.68. The maximum atomic E-state index is 14.0. The van der Waals surface area contributed by atoms with Crippen LogP contribution in [-0.2, 0) is 0 Å². The summed E-state index contributed by atoms with van der Waals surface area (Å²) >= 11 is 0. The van der Waals surface area contributed by atoms with Crippen LogP contribution >= 0.6 is 0 Å². The second-order valence-corrected chi connectivity index (χ2v) is 8.70. The normalized spacial score (nSPS) is 54.6. The van der Waals surface area contributed by atoms with Gasteiger partial charge in [-0.2, -0.15) is 0 Å². The van der Waals surface area contributed by atoms with Crippen molar-refractivity contribution in [3.05, 3.63) is 11.6 Å². The fraction of sp³-hybridized carbons (Fsp3) is 0.895. The fourth-order valence-electron chi connectivity index (χ4n) is 6.67. The van der Waals surface area contributed by atoms with Gasteiger partial charge < -0.3 is 0 Å². The van der Waals surface area contributed by atoms with Crippen LogP contribution in [0.4, 0.5) is 4.39 Å². The minimum atomic E-state index is -0.520. The quantitative estimate of drug-likeness (QED) is 0.499. The smallest absolute Gasteiger partial charge is 0.101 e. The molecular weight excluding hydrogens is 247 g/mol. The van der Waals surface area contributed by atoms with Gasteiger partial charge in [-0.05, 0) is 80.0 Å². The van der Waals surface area contributed by atoms with Crippen LogP contribution in [0, 0.1) is 28.6 Å². The van der Waals surface area contributed by atoms with Crippen LogP contribution in [0.3, 0.4) is 0 Å². The van der Waals surface area contributed by atoms with Gasteiger partial charge in [0.25, 0.3) is 0 Å². The first-order valence-electron chi connectivity index (χ1n) is 8.86. The molecule has 112 valence electrons. The van der Waals surface area contributed by atoms with Crippen molar-refractivity contribution in [2.24, 2.45) is 28.6 Å². The van der Waals surface area contributed by atoms with E-state index < -0.39 is 6.17 Å². The van der Waals surface area contributed by atoms with Crippen LogP contribution < -0.4 is 0 Å². The maximum Gasteiger partial charge on any atom is 0.101 e. The lowest BCUT2D eigenvalue weighted by molar-refractivity contribution is -0.0248. The number of hydrogen-bond acceptors (Lipinski definition) is 0. The van der Waals surface area contributed by atoms with Crippen molar-refractivity contribution in [1.82, 2.24) is 0 Å². The number of hydrogen-bond donors (Lipinski definition) is 0. The molecule has 0 aliphatic heterocycles. The van der Waals surface area contributed by atoms with Gasteiger partial charge in [0.15, 0.2) is 0 Å². The summed E-state index contributed by atoms with van der Waals surface area (Å²) < 4.78 is 14.0. The summed E-state index contributed by atoms with van der Waals surface area (Å²) in [7, 11) is 0. The zero-order chi connectivity index (χ0) is 14.0. The molecule has 0 aromatic heterocycles. The number of fused-ring (bicyclic) bond motifs is 5. The molecule has 1 heteroatoms. The van der Waals surface area contributed by atoms with E-state index in [9.17, 15) is 4.39 Å². The largest absolute Gasteiger partial charge is 0.247 e. The molecule has 0 aromatic carbocycles. The van der Waals surface area contributed by atoms with Gasteiger partial charge in [-0.3, -0.25) is 0 Å². The van der Waals surface area contributed by atoms with Gasteiger partial charge in [0.1, 0.15) is 6.17 Å². The third kappa shape index (κ3) is 1.70.